The zero-order valence-corrected chi connectivity index (χ0v) is 32.9. The molecule has 4 rings (SSSR count). The van der Waals surface area contributed by atoms with Gasteiger partial charge in [-0.2, -0.15) is 0 Å². The Kier molecular flexibility index (Phi) is 16.2. The number of carbonyl (C=O) groups excluding carboxylic acids is 5. The maximum Gasteiger partial charge on any atom is 0.326 e. The summed E-state index contributed by atoms with van der Waals surface area (Å²) >= 11 is 0. The molecule has 9 N–H and O–H groups in total. The molecule has 2 aromatic carbocycles. The van der Waals surface area contributed by atoms with Crippen LogP contribution in [-0.4, -0.2) is 103 Å². The van der Waals surface area contributed by atoms with Crippen molar-refractivity contribution >= 4 is 35.5 Å². The van der Waals surface area contributed by atoms with Gasteiger partial charge in [-0.15, -0.1) is 0 Å². The van der Waals surface area contributed by atoms with E-state index >= 15 is 0 Å². The van der Waals surface area contributed by atoms with Crippen LogP contribution in [0, 0.1) is 11.8 Å². The molecule has 0 spiro atoms. The standard InChI is InChI=1S/C41H56N8O8/c1-5-25(4)36(48-37(52)31(46-38(53)35(42)24(2)3)18-27-13-15-30(50)16-14-27)39(54)47-32(20-28-22-43-23-44-28)40(55)49-17-9-12-29(49)21-34(51)45-33(41(56)57)19-26-10-7-6-8-11-26/h6-8,10-11,13-16,22-25,29,31-33,35-36,50H,5,9,12,17-21,42H2,1-4H3,(H,43,44)(H,45,51)(H,46,53)(H,47,54)(H,48,52)(H,56,57). The summed E-state index contributed by atoms with van der Waals surface area (Å²) in [6.45, 7) is 7.53. The largest absolute Gasteiger partial charge is 0.508 e. The third kappa shape index (κ3) is 12.9. The summed E-state index contributed by atoms with van der Waals surface area (Å²) in [5.74, 6) is -4.51. The second-order valence-electron chi connectivity index (χ2n) is 15.1. The highest BCUT2D eigenvalue weighted by Crippen LogP contribution is 2.23. The van der Waals surface area contributed by atoms with E-state index in [0.29, 0.717) is 37.1 Å². The average molecular weight is 789 g/mol. The molecule has 16 nitrogen and oxygen atoms in total. The third-order valence-corrected chi connectivity index (χ3v) is 10.4. The van der Waals surface area contributed by atoms with Gasteiger partial charge in [0.1, 0.15) is 29.9 Å². The van der Waals surface area contributed by atoms with Crippen molar-refractivity contribution in [2.45, 2.75) is 109 Å². The number of nitrogens with zero attached hydrogens (tertiary/aromatic N) is 2. The highest BCUT2D eigenvalue weighted by Gasteiger charge is 2.38. The molecule has 1 fully saturated rings. The van der Waals surface area contributed by atoms with Crippen LogP contribution in [0.5, 0.6) is 5.75 Å². The van der Waals surface area contributed by atoms with Crippen molar-refractivity contribution in [1.29, 1.82) is 0 Å². The molecule has 0 bridgehead atoms. The molecule has 5 amide bonds. The zero-order valence-electron chi connectivity index (χ0n) is 32.9. The number of nitrogens with two attached hydrogens (primary N) is 1. The van der Waals surface area contributed by atoms with E-state index < -0.39 is 77.7 Å². The second-order valence-corrected chi connectivity index (χ2v) is 15.1. The number of amides is 5. The van der Waals surface area contributed by atoms with E-state index in [-0.39, 0.29) is 37.4 Å². The smallest absolute Gasteiger partial charge is 0.326 e. The van der Waals surface area contributed by atoms with Crippen molar-refractivity contribution < 1.29 is 39.0 Å². The van der Waals surface area contributed by atoms with Crippen LogP contribution in [0.25, 0.3) is 0 Å². The topological polar surface area (TPSA) is 249 Å². The molecular weight excluding hydrogens is 732 g/mol. The minimum Gasteiger partial charge on any atom is -0.508 e. The van der Waals surface area contributed by atoms with Crippen LogP contribution in [0.2, 0.25) is 0 Å². The second kappa shape index (κ2) is 20.9. The fraction of sp³-hybridized carbons (Fsp3) is 0.488. The number of imidazole rings is 1. The van der Waals surface area contributed by atoms with E-state index in [0.717, 1.165) is 5.56 Å². The molecule has 1 aliphatic heterocycles. The van der Waals surface area contributed by atoms with Crippen molar-refractivity contribution in [1.82, 2.24) is 36.1 Å². The third-order valence-electron chi connectivity index (χ3n) is 10.4. The van der Waals surface area contributed by atoms with Gasteiger partial charge in [-0.3, -0.25) is 24.0 Å². The minimum absolute atomic E-state index is 0.0337. The number of phenols is 1. The number of carboxylic acid groups (broad SMARTS) is 1. The van der Waals surface area contributed by atoms with Crippen LogP contribution in [-0.2, 0) is 48.0 Å². The first kappa shape index (κ1) is 44.0. The first-order valence-corrected chi connectivity index (χ1v) is 19.4. The monoisotopic (exact) mass is 788 g/mol. The van der Waals surface area contributed by atoms with E-state index in [4.69, 9.17) is 5.73 Å². The SMILES string of the molecule is CCC(C)C(NC(=O)C(Cc1ccc(O)cc1)NC(=O)C(N)C(C)C)C(=O)NC(Cc1cnc[nH]1)C(=O)N1CCCC1CC(=O)NC(Cc1ccccc1)C(=O)O. The van der Waals surface area contributed by atoms with E-state index in [1.54, 1.807) is 62.1 Å². The Labute approximate surface area is 332 Å². The van der Waals surface area contributed by atoms with Crippen molar-refractivity contribution in [3.8, 4) is 5.75 Å². The summed E-state index contributed by atoms with van der Waals surface area (Å²) in [6, 6.07) is 9.18. The molecule has 3 aromatic rings. The van der Waals surface area contributed by atoms with Gasteiger partial charge in [0.15, 0.2) is 0 Å². The number of aliphatic carboxylic acids is 1. The van der Waals surface area contributed by atoms with Gasteiger partial charge in [0.2, 0.25) is 29.5 Å². The number of aromatic amines is 1. The summed E-state index contributed by atoms with van der Waals surface area (Å²) < 4.78 is 0. The molecular formula is C41H56N8O8. The maximum absolute atomic E-state index is 14.3. The number of benzene rings is 2. The Morgan fingerprint density at radius 2 is 1.49 bits per heavy atom. The minimum atomic E-state index is -1.18. The Hall–Kier alpha value is -5.77. The lowest BCUT2D eigenvalue weighted by Gasteiger charge is -2.32. The van der Waals surface area contributed by atoms with Gasteiger partial charge in [0.05, 0.1) is 12.4 Å². The van der Waals surface area contributed by atoms with Crippen LogP contribution >= 0.6 is 0 Å². The number of aromatic nitrogens is 2. The number of H-pyrrole nitrogens is 1. The van der Waals surface area contributed by atoms with Crippen LogP contribution in [0.15, 0.2) is 67.1 Å². The summed E-state index contributed by atoms with van der Waals surface area (Å²) in [7, 11) is 0. The highest BCUT2D eigenvalue weighted by molar-refractivity contribution is 5.95. The van der Waals surface area contributed by atoms with Crippen molar-refractivity contribution in [3.05, 3.63) is 83.9 Å². The normalized spacial score (nSPS) is 17.1. The number of hydrogen-bond donors (Lipinski definition) is 8. The molecule has 0 aliphatic carbocycles. The highest BCUT2D eigenvalue weighted by atomic mass is 16.4. The molecule has 1 aromatic heterocycles. The number of rotatable bonds is 20. The summed E-state index contributed by atoms with van der Waals surface area (Å²) in [6.07, 6.45) is 4.61. The number of hydrogen-bond acceptors (Lipinski definition) is 9. The molecule has 1 saturated heterocycles. The van der Waals surface area contributed by atoms with Crippen LogP contribution in [0.4, 0.5) is 0 Å². The number of carboxylic acids is 1. The molecule has 7 unspecified atom stereocenters. The maximum atomic E-state index is 14.3. The molecule has 0 saturated carbocycles. The van der Waals surface area contributed by atoms with Gasteiger partial charge in [0, 0.05) is 50.2 Å². The molecule has 16 heteroatoms. The Morgan fingerprint density at radius 1 is 0.842 bits per heavy atom. The van der Waals surface area contributed by atoms with Crippen LogP contribution in [0.1, 0.15) is 70.2 Å². The van der Waals surface area contributed by atoms with E-state index in [9.17, 15) is 39.0 Å². The van der Waals surface area contributed by atoms with Gasteiger partial charge in [-0.25, -0.2) is 9.78 Å². The lowest BCUT2D eigenvalue weighted by atomic mass is 9.96. The number of nitrogens with one attached hydrogen (secondary N) is 5. The van der Waals surface area contributed by atoms with Gasteiger partial charge >= 0.3 is 5.97 Å². The Balaban J connectivity index is 1.51. The predicted molar refractivity (Wildman–Crippen MR) is 211 cm³/mol. The molecule has 308 valence electrons. The van der Waals surface area contributed by atoms with Gasteiger partial charge in [0.25, 0.3) is 0 Å². The molecule has 0 radical (unpaired) electrons. The average Bonchev–Trinajstić information content (AvgIpc) is 3.88. The van der Waals surface area contributed by atoms with E-state index in [2.05, 4.69) is 31.2 Å². The van der Waals surface area contributed by atoms with Crippen LogP contribution in [0.3, 0.4) is 0 Å². The Bertz CT molecular complexity index is 1800. The number of phenolic OH excluding ortho intramolecular Hbond substituents is 1. The first-order chi connectivity index (χ1) is 27.2. The number of likely N-dealkylation sites (tertiary alicyclic amines) is 1. The summed E-state index contributed by atoms with van der Waals surface area (Å²) in [5.41, 5.74) is 8.06. The van der Waals surface area contributed by atoms with Crippen molar-refractivity contribution in [3.63, 3.8) is 0 Å². The first-order valence-electron chi connectivity index (χ1n) is 19.4. The quantitative estimate of drug-likeness (QED) is 0.0821. The van der Waals surface area contributed by atoms with Gasteiger partial charge < -0.3 is 47.1 Å². The lowest BCUT2D eigenvalue weighted by Crippen LogP contribution is -2.60. The molecule has 2 heterocycles. The summed E-state index contributed by atoms with van der Waals surface area (Å²) in [5, 5.41) is 30.6. The number of aromatic hydroxyl groups is 1. The van der Waals surface area contributed by atoms with Crippen molar-refractivity contribution in [2.24, 2.45) is 17.6 Å². The van der Waals surface area contributed by atoms with Gasteiger partial charge in [-0.05, 0) is 47.9 Å². The van der Waals surface area contributed by atoms with E-state index in [1.165, 1.54) is 24.7 Å². The number of carbonyl (C=O) groups is 6. The molecule has 57 heavy (non-hydrogen) atoms. The fourth-order valence-corrected chi connectivity index (χ4v) is 6.74. The Morgan fingerprint density at radius 3 is 2.11 bits per heavy atom. The molecule has 7 atom stereocenters. The summed E-state index contributed by atoms with van der Waals surface area (Å²) in [4.78, 5) is 89.4. The van der Waals surface area contributed by atoms with Crippen molar-refractivity contribution in [2.75, 3.05) is 6.54 Å². The fourth-order valence-electron chi connectivity index (χ4n) is 6.74. The van der Waals surface area contributed by atoms with Crippen LogP contribution < -0.4 is 27.0 Å². The van der Waals surface area contributed by atoms with E-state index in [1.807, 2.05) is 13.0 Å². The van der Waals surface area contributed by atoms with Gasteiger partial charge in [-0.1, -0.05) is 76.6 Å². The molecule has 1 aliphatic rings. The predicted octanol–water partition coefficient (Wildman–Crippen LogP) is 1.58. The zero-order chi connectivity index (χ0) is 41.6. The lowest BCUT2D eigenvalue weighted by molar-refractivity contribution is -0.142.